The molecule has 0 aliphatic heterocycles. The Morgan fingerprint density at radius 1 is 1.22 bits per heavy atom. The van der Waals surface area contributed by atoms with E-state index in [1.165, 1.54) is 12.1 Å². The molecule has 0 saturated carbocycles. The Kier molecular flexibility index (Phi) is 3.65. The Labute approximate surface area is 118 Å². The van der Waals surface area contributed by atoms with Crippen molar-refractivity contribution in [1.82, 2.24) is 0 Å². The van der Waals surface area contributed by atoms with Crippen LogP contribution in [0.3, 0.4) is 0 Å². The molecular weight excluding hydrogens is 346 g/mol. The molecule has 2 rings (SSSR count). The maximum Gasteiger partial charge on any atom is 0.335 e. The summed E-state index contributed by atoms with van der Waals surface area (Å²) in [6.07, 6.45) is 0. The maximum absolute atomic E-state index is 13.9. The van der Waals surface area contributed by atoms with Gasteiger partial charge in [-0.05, 0) is 64.9 Å². The summed E-state index contributed by atoms with van der Waals surface area (Å²) in [6.45, 7) is 1.81. The van der Waals surface area contributed by atoms with Crippen LogP contribution in [-0.2, 0) is 0 Å². The monoisotopic (exact) mass is 356 g/mol. The van der Waals surface area contributed by atoms with Crippen molar-refractivity contribution < 1.29 is 14.3 Å². The van der Waals surface area contributed by atoms with Gasteiger partial charge in [0, 0.05) is 9.13 Å². The first kappa shape index (κ1) is 13.0. The van der Waals surface area contributed by atoms with Crippen LogP contribution < -0.4 is 0 Å². The average Bonchev–Trinajstić information content (AvgIpc) is 2.27. The molecule has 0 aliphatic carbocycles. The van der Waals surface area contributed by atoms with E-state index in [-0.39, 0.29) is 11.4 Å². The van der Waals surface area contributed by atoms with E-state index in [2.05, 4.69) is 0 Å². The summed E-state index contributed by atoms with van der Waals surface area (Å²) in [5, 5.41) is 9.00. The minimum Gasteiger partial charge on any atom is -0.478 e. The van der Waals surface area contributed by atoms with Gasteiger partial charge in [-0.25, -0.2) is 9.18 Å². The summed E-state index contributed by atoms with van der Waals surface area (Å²) in [7, 11) is 0. The van der Waals surface area contributed by atoms with E-state index in [4.69, 9.17) is 5.11 Å². The van der Waals surface area contributed by atoms with Crippen LogP contribution in [0.25, 0.3) is 11.1 Å². The van der Waals surface area contributed by atoms with E-state index in [0.29, 0.717) is 11.1 Å². The molecule has 18 heavy (non-hydrogen) atoms. The normalized spacial score (nSPS) is 10.4. The fraction of sp³-hybridized carbons (Fsp3) is 0.0714. The third kappa shape index (κ3) is 2.69. The van der Waals surface area contributed by atoms with Crippen molar-refractivity contribution in [3.05, 3.63) is 56.9 Å². The molecule has 0 saturated heterocycles. The van der Waals surface area contributed by atoms with Gasteiger partial charge in [0.2, 0.25) is 0 Å². The van der Waals surface area contributed by atoms with Gasteiger partial charge in [0.1, 0.15) is 5.82 Å². The molecule has 0 fully saturated rings. The molecule has 0 spiro atoms. The van der Waals surface area contributed by atoms with Gasteiger partial charge in [-0.15, -0.1) is 0 Å². The minimum absolute atomic E-state index is 0.164. The first-order valence-corrected chi connectivity index (χ1v) is 6.35. The van der Waals surface area contributed by atoms with Crippen molar-refractivity contribution in [1.29, 1.82) is 0 Å². The zero-order valence-electron chi connectivity index (χ0n) is 9.58. The highest BCUT2D eigenvalue weighted by Crippen LogP contribution is 2.26. The second-order valence-corrected chi connectivity index (χ2v) is 5.26. The zero-order valence-corrected chi connectivity index (χ0v) is 11.7. The topological polar surface area (TPSA) is 37.3 Å². The lowest BCUT2D eigenvalue weighted by atomic mass is 10.0. The largest absolute Gasteiger partial charge is 0.478 e. The number of carbonyl (C=O) groups is 1. The molecule has 0 heterocycles. The van der Waals surface area contributed by atoms with Crippen molar-refractivity contribution in [2.24, 2.45) is 0 Å². The first-order chi connectivity index (χ1) is 8.47. The van der Waals surface area contributed by atoms with Crippen molar-refractivity contribution in [2.45, 2.75) is 6.92 Å². The molecule has 0 bridgehead atoms. The zero-order chi connectivity index (χ0) is 13.3. The molecule has 1 N–H and O–H groups in total. The highest BCUT2D eigenvalue weighted by Gasteiger charge is 2.10. The number of carboxylic acids is 1. The second-order valence-electron chi connectivity index (χ2n) is 4.02. The number of hydrogen-bond acceptors (Lipinski definition) is 1. The van der Waals surface area contributed by atoms with Crippen LogP contribution in [0.4, 0.5) is 4.39 Å². The Morgan fingerprint density at radius 2 is 1.94 bits per heavy atom. The van der Waals surface area contributed by atoms with Crippen LogP contribution in [0.5, 0.6) is 0 Å². The van der Waals surface area contributed by atoms with Gasteiger partial charge in [-0.2, -0.15) is 0 Å². The highest BCUT2D eigenvalue weighted by molar-refractivity contribution is 14.1. The van der Waals surface area contributed by atoms with Crippen LogP contribution in [0.2, 0.25) is 0 Å². The third-order valence-corrected chi connectivity index (χ3v) is 3.20. The summed E-state index contributed by atoms with van der Waals surface area (Å²) in [5.74, 6) is -1.35. The van der Waals surface area contributed by atoms with Gasteiger partial charge >= 0.3 is 5.97 Å². The lowest BCUT2D eigenvalue weighted by Gasteiger charge is -2.07. The van der Waals surface area contributed by atoms with Crippen LogP contribution in [0, 0.1) is 16.3 Å². The summed E-state index contributed by atoms with van der Waals surface area (Å²) in [4.78, 5) is 11.0. The Hall–Kier alpha value is -1.43. The van der Waals surface area contributed by atoms with Crippen LogP contribution >= 0.6 is 22.6 Å². The molecular formula is C14H10FIO2. The fourth-order valence-corrected chi connectivity index (χ4v) is 2.39. The first-order valence-electron chi connectivity index (χ1n) is 5.28. The van der Waals surface area contributed by atoms with Gasteiger partial charge in [-0.3, -0.25) is 0 Å². The Morgan fingerprint density at radius 3 is 2.56 bits per heavy atom. The molecule has 92 valence electrons. The molecule has 0 radical (unpaired) electrons. The van der Waals surface area contributed by atoms with Gasteiger partial charge in [0.25, 0.3) is 0 Å². The van der Waals surface area contributed by atoms with E-state index < -0.39 is 5.97 Å². The van der Waals surface area contributed by atoms with E-state index in [9.17, 15) is 9.18 Å². The SMILES string of the molecule is Cc1ccc(-c2cc(I)cc(C(=O)O)c2)c(F)c1. The van der Waals surface area contributed by atoms with Gasteiger partial charge in [0.15, 0.2) is 0 Å². The predicted octanol–water partition coefficient (Wildman–Crippen LogP) is 4.10. The minimum atomic E-state index is -1.01. The fourth-order valence-electron chi connectivity index (χ4n) is 1.72. The number of hydrogen-bond donors (Lipinski definition) is 1. The van der Waals surface area contributed by atoms with Crippen LogP contribution in [0.15, 0.2) is 36.4 Å². The van der Waals surface area contributed by atoms with Gasteiger partial charge in [0.05, 0.1) is 5.56 Å². The van der Waals surface area contributed by atoms with E-state index in [1.807, 2.05) is 29.5 Å². The van der Waals surface area contributed by atoms with E-state index >= 15 is 0 Å². The summed E-state index contributed by atoms with van der Waals surface area (Å²) in [5.41, 5.74) is 2.00. The quantitative estimate of drug-likeness (QED) is 0.823. The van der Waals surface area contributed by atoms with Gasteiger partial charge in [-0.1, -0.05) is 12.1 Å². The number of halogens is 2. The molecule has 2 aromatic carbocycles. The number of aromatic carboxylic acids is 1. The molecule has 0 amide bonds. The van der Waals surface area contributed by atoms with E-state index in [0.717, 1.165) is 9.13 Å². The predicted molar refractivity (Wildman–Crippen MR) is 76.2 cm³/mol. The molecule has 0 aromatic heterocycles. The molecule has 0 atom stereocenters. The van der Waals surface area contributed by atoms with Crippen molar-refractivity contribution >= 4 is 28.6 Å². The van der Waals surface area contributed by atoms with E-state index in [1.54, 1.807) is 24.3 Å². The Bertz CT molecular complexity index is 623. The van der Waals surface area contributed by atoms with Crippen LogP contribution in [-0.4, -0.2) is 11.1 Å². The number of benzene rings is 2. The smallest absolute Gasteiger partial charge is 0.335 e. The summed E-state index contributed by atoms with van der Waals surface area (Å²) >= 11 is 2.02. The van der Waals surface area contributed by atoms with Gasteiger partial charge < -0.3 is 5.11 Å². The lowest BCUT2D eigenvalue weighted by Crippen LogP contribution is -1.98. The maximum atomic E-state index is 13.9. The molecule has 4 heteroatoms. The standard InChI is InChI=1S/C14H10FIO2/c1-8-2-3-12(13(15)4-8)9-5-10(14(17)18)7-11(16)6-9/h2-7H,1H3,(H,17,18). The van der Waals surface area contributed by atoms with Crippen molar-refractivity contribution in [2.75, 3.05) is 0 Å². The highest BCUT2D eigenvalue weighted by atomic mass is 127. The third-order valence-electron chi connectivity index (χ3n) is 2.58. The summed E-state index contributed by atoms with van der Waals surface area (Å²) < 4.78 is 14.6. The van der Waals surface area contributed by atoms with Crippen molar-refractivity contribution in [3.8, 4) is 11.1 Å². The number of aryl methyl sites for hydroxylation is 1. The number of rotatable bonds is 2. The second kappa shape index (κ2) is 5.06. The van der Waals surface area contributed by atoms with Crippen molar-refractivity contribution in [3.63, 3.8) is 0 Å². The van der Waals surface area contributed by atoms with Crippen LogP contribution in [0.1, 0.15) is 15.9 Å². The summed E-state index contributed by atoms with van der Waals surface area (Å²) in [6, 6.07) is 9.72. The average molecular weight is 356 g/mol. The molecule has 0 aliphatic rings. The molecule has 2 nitrogen and oxygen atoms in total. The number of carboxylic acid groups (broad SMARTS) is 1. The molecule has 0 unspecified atom stereocenters. The lowest BCUT2D eigenvalue weighted by molar-refractivity contribution is 0.0697. The molecule has 2 aromatic rings. The Balaban J connectivity index is 2.60.